The zero-order valence-electron chi connectivity index (χ0n) is 15.2. The number of nitrogens with one attached hydrogen (secondary N) is 2. The third-order valence-corrected chi connectivity index (χ3v) is 4.33. The number of hydrogen-bond donors (Lipinski definition) is 2. The lowest BCUT2D eigenvalue weighted by Crippen LogP contribution is -2.20. The van der Waals surface area contributed by atoms with E-state index in [1.165, 1.54) is 0 Å². The van der Waals surface area contributed by atoms with Crippen molar-refractivity contribution in [3.05, 3.63) is 84.1 Å². The average molecular weight is 356 g/mol. The highest BCUT2D eigenvalue weighted by atomic mass is 16.2. The molecule has 134 valence electrons. The number of fused-ring (bicyclic) bond motifs is 1. The van der Waals surface area contributed by atoms with Crippen LogP contribution in [-0.2, 0) is 0 Å². The van der Waals surface area contributed by atoms with Gasteiger partial charge in [0.15, 0.2) is 0 Å². The van der Waals surface area contributed by atoms with Crippen molar-refractivity contribution in [3.63, 3.8) is 0 Å². The van der Waals surface area contributed by atoms with E-state index in [4.69, 9.17) is 4.98 Å². The van der Waals surface area contributed by atoms with Gasteiger partial charge in [-0.1, -0.05) is 42.0 Å². The van der Waals surface area contributed by atoms with Gasteiger partial charge in [0, 0.05) is 17.4 Å². The third-order valence-electron chi connectivity index (χ3n) is 4.33. The van der Waals surface area contributed by atoms with Crippen LogP contribution in [-0.4, -0.2) is 15.4 Å². The van der Waals surface area contributed by atoms with Crippen molar-refractivity contribution in [1.82, 2.24) is 9.38 Å². The highest BCUT2D eigenvalue weighted by Crippen LogP contribution is 2.29. The molecule has 2 amide bonds. The van der Waals surface area contributed by atoms with Crippen molar-refractivity contribution >= 4 is 23.2 Å². The average Bonchev–Trinajstić information content (AvgIpc) is 3.00. The predicted octanol–water partition coefficient (Wildman–Crippen LogP) is 5.26. The number of benzene rings is 2. The summed E-state index contributed by atoms with van der Waals surface area (Å²) in [4.78, 5) is 17.3. The van der Waals surface area contributed by atoms with Crippen LogP contribution in [0.25, 0.3) is 16.9 Å². The summed E-state index contributed by atoms with van der Waals surface area (Å²) >= 11 is 0. The molecule has 0 fully saturated rings. The summed E-state index contributed by atoms with van der Waals surface area (Å²) in [6.07, 6.45) is 1.89. The quantitative estimate of drug-likeness (QED) is 0.526. The minimum atomic E-state index is -0.305. The fourth-order valence-electron chi connectivity index (χ4n) is 3.10. The molecule has 4 rings (SSSR count). The van der Waals surface area contributed by atoms with Crippen molar-refractivity contribution in [2.45, 2.75) is 13.8 Å². The highest BCUT2D eigenvalue weighted by molar-refractivity contribution is 6.01. The SMILES string of the molecule is Cc1cccc(NC(=O)Nc2c(-c3cccc(C)c3)nc3ccccn23)c1. The molecule has 0 radical (unpaired) electrons. The normalized spacial score (nSPS) is 10.7. The summed E-state index contributed by atoms with van der Waals surface area (Å²) in [5, 5.41) is 5.85. The van der Waals surface area contributed by atoms with Crippen LogP contribution in [0.1, 0.15) is 11.1 Å². The number of hydrogen-bond acceptors (Lipinski definition) is 2. The molecule has 0 saturated heterocycles. The van der Waals surface area contributed by atoms with E-state index < -0.39 is 0 Å². The van der Waals surface area contributed by atoms with Gasteiger partial charge < -0.3 is 5.32 Å². The molecule has 0 bridgehead atoms. The van der Waals surface area contributed by atoms with Gasteiger partial charge in [-0.2, -0.15) is 0 Å². The Bertz CT molecular complexity index is 1130. The Morgan fingerprint density at radius 3 is 2.44 bits per heavy atom. The van der Waals surface area contributed by atoms with Gasteiger partial charge in [0.2, 0.25) is 0 Å². The van der Waals surface area contributed by atoms with E-state index in [9.17, 15) is 4.79 Å². The number of anilines is 2. The molecule has 5 nitrogen and oxygen atoms in total. The molecule has 5 heteroatoms. The van der Waals surface area contributed by atoms with Crippen molar-refractivity contribution in [2.75, 3.05) is 10.6 Å². The largest absolute Gasteiger partial charge is 0.324 e. The molecule has 4 aromatic rings. The zero-order valence-corrected chi connectivity index (χ0v) is 15.2. The number of imidazole rings is 1. The summed E-state index contributed by atoms with van der Waals surface area (Å²) in [6.45, 7) is 4.03. The fourth-order valence-corrected chi connectivity index (χ4v) is 3.10. The van der Waals surface area contributed by atoms with Crippen LogP contribution in [0.4, 0.5) is 16.3 Å². The Balaban J connectivity index is 1.71. The Morgan fingerprint density at radius 2 is 1.67 bits per heavy atom. The number of aryl methyl sites for hydroxylation is 2. The summed E-state index contributed by atoms with van der Waals surface area (Å²) in [5.41, 5.74) is 5.45. The third kappa shape index (κ3) is 3.53. The number of aromatic nitrogens is 2. The van der Waals surface area contributed by atoms with Crippen molar-refractivity contribution < 1.29 is 4.79 Å². The van der Waals surface area contributed by atoms with Gasteiger partial charge >= 0.3 is 6.03 Å². The van der Waals surface area contributed by atoms with Crippen molar-refractivity contribution in [1.29, 1.82) is 0 Å². The van der Waals surface area contributed by atoms with E-state index >= 15 is 0 Å². The lowest BCUT2D eigenvalue weighted by atomic mass is 10.1. The second-order valence-electron chi connectivity index (χ2n) is 6.56. The maximum atomic E-state index is 12.6. The van der Waals surface area contributed by atoms with Crippen LogP contribution in [0, 0.1) is 13.8 Å². The van der Waals surface area contributed by atoms with E-state index in [0.29, 0.717) is 5.82 Å². The van der Waals surface area contributed by atoms with Crippen LogP contribution in [0.2, 0.25) is 0 Å². The summed E-state index contributed by atoms with van der Waals surface area (Å²) in [5.74, 6) is 0.640. The van der Waals surface area contributed by atoms with Crippen LogP contribution in [0.15, 0.2) is 72.9 Å². The molecular weight excluding hydrogens is 336 g/mol. The molecule has 0 spiro atoms. The van der Waals surface area contributed by atoms with Crippen LogP contribution in [0.5, 0.6) is 0 Å². The van der Waals surface area contributed by atoms with Crippen molar-refractivity contribution in [2.24, 2.45) is 0 Å². The van der Waals surface area contributed by atoms with Gasteiger partial charge in [-0.15, -0.1) is 0 Å². The number of carbonyl (C=O) groups excluding carboxylic acids is 1. The van der Waals surface area contributed by atoms with Crippen LogP contribution < -0.4 is 10.6 Å². The maximum absolute atomic E-state index is 12.6. The summed E-state index contributed by atoms with van der Waals surface area (Å²) in [6, 6.07) is 21.2. The first kappa shape index (κ1) is 16.8. The predicted molar refractivity (Wildman–Crippen MR) is 109 cm³/mol. The standard InChI is InChI=1S/C22H20N4O/c1-15-7-5-9-17(13-15)20-21(26-12-4-3-11-19(26)24-20)25-22(27)23-18-10-6-8-16(2)14-18/h3-14H,1-2H3,(H2,23,25,27). The second kappa shape index (κ2) is 6.96. The minimum absolute atomic E-state index is 0.305. The van der Waals surface area contributed by atoms with Crippen LogP contribution in [0.3, 0.4) is 0 Å². The van der Waals surface area contributed by atoms with E-state index in [1.807, 2.05) is 85.1 Å². The van der Waals surface area contributed by atoms with E-state index in [-0.39, 0.29) is 6.03 Å². The Kier molecular flexibility index (Phi) is 4.34. The smallest absolute Gasteiger partial charge is 0.308 e. The molecule has 2 N–H and O–H groups in total. The van der Waals surface area contributed by atoms with E-state index in [1.54, 1.807) is 0 Å². The number of nitrogens with zero attached hydrogens (tertiary/aromatic N) is 2. The van der Waals surface area contributed by atoms with Gasteiger partial charge in [0.05, 0.1) is 0 Å². The first-order chi connectivity index (χ1) is 13.1. The lowest BCUT2D eigenvalue weighted by Gasteiger charge is -2.10. The summed E-state index contributed by atoms with van der Waals surface area (Å²) in [7, 11) is 0. The van der Waals surface area contributed by atoms with Gasteiger partial charge in [0.25, 0.3) is 0 Å². The second-order valence-corrected chi connectivity index (χ2v) is 6.56. The molecule has 2 aromatic heterocycles. The fraction of sp³-hybridized carbons (Fsp3) is 0.0909. The zero-order chi connectivity index (χ0) is 18.8. The lowest BCUT2D eigenvalue weighted by molar-refractivity contribution is 0.262. The Labute approximate surface area is 157 Å². The number of carbonyl (C=O) groups is 1. The Morgan fingerprint density at radius 1 is 0.889 bits per heavy atom. The van der Waals surface area contributed by atoms with Gasteiger partial charge in [0.1, 0.15) is 17.2 Å². The van der Waals surface area contributed by atoms with Crippen LogP contribution >= 0.6 is 0 Å². The number of pyridine rings is 1. The topological polar surface area (TPSA) is 58.4 Å². The van der Waals surface area contributed by atoms with E-state index in [0.717, 1.165) is 33.7 Å². The van der Waals surface area contributed by atoms with Gasteiger partial charge in [-0.3, -0.25) is 9.72 Å². The molecule has 0 atom stereocenters. The number of amides is 2. The van der Waals surface area contributed by atoms with E-state index in [2.05, 4.69) is 16.7 Å². The molecule has 2 heterocycles. The molecular formula is C22H20N4O. The maximum Gasteiger partial charge on any atom is 0.324 e. The molecule has 0 unspecified atom stereocenters. The molecule has 0 aliphatic rings. The molecule has 0 aliphatic carbocycles. The number of urea groups is 1. The number of rotatable bonds is 3. The van der Waals surface area contributed by atoms with Crippen molar-refractivity contribution in [3.8, 4) is 11.3 Å². The van der Waals surface area contributed by atoms with Gasteiger partial charge in [-0.05, 0) is 49.7 Å². The molecule has 27 heavy (non-hydrogen) atoms. The first-order valence-electron chi connectivity index (χ1n) is 8.79. The highest BCUT2D eigenvalue weighted by Gasteiger charge is 2.16. The molecule has 0 aliphatic heterocycles. The minimum Gasteiger partial charge on any atom is -0.308 e. The monoisotopic (exact) mass is 356 g/mol. The first-order valence-corrected chi connectivity index (χ1v) is 8.79. The molecule has 2 aromatic carbocycles. The molecule has 0 saturated carbocycles. The Hall–Kier alpha value is -3.60. The summed E-state index contributed by atoms with van der Waals surface area (Å²) < 4.78 is 1.88. The van der Waals surface area contributed by atoms with Gasteiger partial charge in [-0.25, -0.2) is 9.78 Å².